The number of benzene rings is 1. The van der Waals surface area contributed by atoms with E-state index >= 15 is 0 Å². The molecule has 1 aromatic carbocycles. The molecule has 0 saturated carbocycles. The Hall–Kier alpha value is -2.97. The van der Waals surface area contributed by atoms with Gasteiger partial charge in [-0.3, -0.25) is 9.59 Å². The highest BCUT2D eigenvalue weighted by atomic mass is 35.5. The maximum atomic E-state index is 12.8. The summed E-state index contributed by atoms with van der Waals surface area (Å²) >= 11 is 5.92. The lowest BCUT2D eigenvalue weighted by molar-refractivity contribution is 0.0693. The van der Waals surface area contributed by atoms with Crippen molar-refractivity contribution in [1.82, 2.24) is 20.3 Å². The van der Waals surface area contributed by atoms with Crippen molar-refractivity contribution in [3.63, 3.8) is 0 Å². The summed E-state index contributed by atoms with van der Waals surface area (Å²) in [6.07, 6.45) is 2.57. The highest BCUT2D eigenvalue weighted by Gasteiger charge is 2.20. The second kappa shape index (κ2) is 7.34. The van der Waals surface area contributed by atoms with Gasteiger partial charge in [-0.25, -0.2) is 0 Å². The molecule has 3 aromatic rings. The number of halogens is 1. The fourth-order valence-corrected chi connectivity index (χ4v) is 2.42. The van der Waals surface area contributed by atoms with Crippen molar-refractivity contribution in [3.05, 3.63) is 63.7 Å². The lowest BCUT2D eigenvalue weighted by Gasteiger charge is -2.17. The second-order valence-corrected chi connectivity index (χ2v) is 6.98. The fraction of sp³-hybridized carbons (Fsp3) is 0.222. The van der Waals surface area contributed by atoms with Crippen LogP contribution in [0.3, 0.4) is 0 Å². The Labute approximate surface area is 159 Å². The zero-order chi connectivity index (χ0) is 19.6. The van der Waals surface area contributed by atoms with Gasteiger partial charge in [0.15, 0.2) is 0 Å². The van der Waals surface area contributed by atoms with Crippen molar-refractivity contribution in [2.75, 3.05) is 6.54 Å². The smallest absolute Gasteiger partial charge is 0.284 e. The van der Waals surface area contributed by atoms with E-state index in [4.69, 9.17) is 16.1 Å². The molecule has 0 saturated heterocycles. The minimum Gasteiger partial charge on any atom is -0.389 e. The van der Waals surface area contributed by atoms with Gasteiger partial charge >= 0.3 is 0 Å². The van der Waals surface area contributed by atoms with Crippen molar-refractivity contribution in [3.8, 4) is 16.9 Å². The third-order valence-electron chi connectivity index (χ3n) is 3.64. The Morgan fingerprint density at radius 2 is 2.04 bits per heavy atom. The van der Waals surface area contributed by atoms with Crippen LogP contribution in [0.5, 0.6) is 0 Å². The predicted molar refractivity (Wildman–Crippen MR) is 99.0 cm³/mol. The molecule has 0 unspecified atom stereocenters. The van der Waals surface area contributed by atoms with E-state index in [0.717, 1.165) is 4.68 Å². The van der Waals surface area contributed by atoms with Gasteiger partial charge in [0.05, 0.1) is 17.5 Å². The molecule has 140 valence electrons. The van der Waals surface area contributed by atoms with Gasteiger partial charge in [-0.2, -0.15) is 9.78 Å². The maximum absolute atomic E-state index is 12.8. The predicted octanol–water partition coefficient (Wildman–Crippen LogP) is 2.04. The molecule has 0 aliphatic heterocycles. The summed E-state index contributed by atoms with van der Waals surface area (Å²) in [5.74, 6) is -0.620. The largest absolute Gasteiger partial charge is 0.389 e. The molecule has 3 rings (SSSR count). The van der Waals surface area contributed by atoms with Gasteiger partial charge < -0.3 is 14.9 Å². The summed E-state index contributed by atoms with van der Waals surface area (Å²) in [6, 6.07) is 8.22. The summed E-state index contributed by atoms with van der Waals surface area (Å²) in [6.45, 7) is 3.08. The van der Waals surface area contributed by atoms with Crippen LogP contribution in [0.25, 0.3) is 16.9 Å². The first-order valence-electron chi connectivity index (χ1n) is 8.05. The standard InChI is InChI=1S/C18H17ClN4O4/c1-18(2,26)10-20-16(24)14-7-15(11-3-5-12(19)6-4-11)22-23(17(14)25)13-8-21-27-9-13/h3-9,26H,10H2,1-2H3,(H,20,24). The molecule has 0 spiro atoms. The van der Waals surface area contributed by atoms with Crippen molar-refractivity contribution in [2.24, 2.45) is 0 Å². The zero-order valence-electron chi connectivity index (χ0n) is 14.6. The Morgan fingerprint density at radius 3 is 2.63 bits per heavy atom. The van der Waals surface area contributed by atoms with Crippen LogP contribution >= 0.6 is 11.6 Å². The number of nitrogens with one attached hydrogen (secondary N) is 1. The number of amides is 1. The summed E-state index contributed by atoms with van der Waals surface area (Å²) in [5.41, 5.74) is -0.534. The normalized spacial score (nSPS) is 11.4. The maximum Gasteiger partial charge on any atom is 0.284 e. The Kier molecular flexibility index (Phi) is 5.11. The van der Waals surface area contributed by atoms with Crippen molar-refractivity contribution in [2.45, 2.75) is 19.4 Å². The van der Waals surface area contributed by atoms with Crippen molar-refractivity contribution >= 4 is 17.5 Å². The van der Waals surface area contributed by atoms with Gasteiger partial charge in [0.1, 0.15) is 17.5 Å². The number of hydrogen-bond donors (Lipinski definition) is 2. The van der Waals surface area contributed by atoms with Crippen LogP contribution in [0.15, 0.2) is 52.1 Å². The number of carbonyl (C=O) groups is 1. The van der Waals surface area contributed by atoms with Gasteiger partial charge in [-0.15, -0.1) is 0 Å². The summed E-state index contributed by atoms with van der Waals surface area (Å²) in [5, 5.41) is 20.8. The molecule has 9 heteroatoms. The van der Waals surface area contributed by atoms with E-state index in [1.807, 2.05) is 0 Å². The van der Waals surface area contributed by atoms with E-state index in [-0.39, 0.29) is 17.8 Å². The molecule has 0 aliphatic rings. The van der Waals surface area contributed by atoms with Crippen molar-refractivity contribution in [1.29, 1.82) is 0 Å². The van der Waals surface area contributed by atoms with E-state index < -0.39 is 17.1 Å². The Morgan fingerprint density at radius 1 is 1.33 bits per heavy atom. The molecular weight excluding hydrogens is 372 g/mol. The second-order valence-electron chi connectivity index (χ2n) is 6.54. The molecule has 27 heavy (non-hydrogen) atoms. The van der Waals surface area contributed by atoms with E-state index in [2.05, 4.69) is 15.6 Å². The Bertz CT molecular complexity index is 1010. The van der Waals surface area contributed by atoms with Crippen LogP contribution in [0.2, 0.25) is 5.02 Å². The highest BCUT2D eigenvalue weighted by Crippen LogP contribution is 2.20. The molecule has 0 fully saturated rings. The van der Waals surface area contributed by atoms with Gasteiger partial charge in [-0.05, 0) is 32.0 Å². The van der Waals surface area contributed by atoms with Gasteiger partial charge in [-0.1, -0.05) is 28.9 Å². The average Bonchev–Trinajstić information content (AvgIpc) is 3.14. The van der Waals surface area contributed by atoms with Gasteiger partial charge in [0.2, 0.25) is 0 Å². The van der Waals surface area contributed by atoms with Crippen molar-refractivity contribution < 1.29 is 14.4 Å². The first-order chi connectivity index (χ1) is 12.7. The van der Waals surface area contributed by atoms with Crippen LogP contribution in [-0.4, -0.2) is 38.1 Å². The summed E-state index contributed by atoms with van der Waals surface area (Å²) < 4.78 is 5.82. The minimum absolute atomic E-state index is 0.0167. The molecule has 0 radical (unpaired) electrons. The van der Waals surface area contributed by atoms with Crippen LogP contribution in [0.1, 0.15) is 24.2 Å². The van der Waals surface area contributed by atoms with E-state index in [1.54, 1.807) is 38.1 Å². The van der Waals surface area contributed by atoms with E-state index in [9.17, 15) is 14.7 Å². The van der Waals surface area contributed by atoms with E-state index in [1.165, 1.54) is 18.5 Å². The number of aromatic nitrogens is 3. The zero-order valence-corrected chi connectivity index (χ0v) is 15.4. The molecule has 8 nitrogen and oxygen atoms in total. The minimum atomic E-state index is -1.12. The molecular formula is C18H17ClN4O4. The first-order valence-corrected chi connectivity index (χ1v) is 8.43. The molecule has 2 N–H and O–H groups in total. The lowest BCUT2D eigenvalue weighted by atomic mass is 10.1. The quantitative estimate of drug-likeness (QED) is 0.692. The van der Waals surface area contributed by atoms with Crippen LogP contribution in [0.4, 0.5) is 0 Å². The number of carbonyl (C=O) groups excluding carboxylic acids is 1. The monoisotopic (exact) mass is 388 g/mol. The van der Waals surface area contributed by atoms with Crippen LogP contribution in [0, 0.1) is 0 Å². The Balaban J connectivity index is 2.10. The molecule has 2 aromatic heterocycles. The average molecular weight is 389 g/mol. The van der Waals surface area contributed by atoms with Crippen LogP contribution in [-0.2, 0) is 0 Å². The molecule has 0 bridgehead atoms. The molecule has 0 atom stereocenters. The number of nitrogens with zero attached hydrogens (tertiary/aromatic N) is 3. The SMILES string of the molecule is CC(C)(O)CNC(=O)c1cc(-c2ccc(Cl)cc2)nn(-c2cnoc2)c1=O. The summed E-state index contributed by atoms with van der Waals surface area (Å²) in [4.78, 5) is 25.3. The molecule has 1 amide bonds. The molecule has 0 aliphatic carbocycles. The third kappa shape index (κ3) is 4.42. The highest BCUT2D eigenvalue weighted by molar-refractivity contribution is 6.30. The number of hydrogen-bond acceptors (Lipinski definition) is 6. The van der Waals surface area contributed by atoms with Crippen LogP contribution < -0.4 is 10.9 Å². The summed E-state index contributed by atoms with van der Waals surface area (Å²) in [7, 11) is 0. The first kappa shape index (κ1) is 18.8. The van der Waals surface area contributed by atoms with Gasteiger partial charge in [0, 0.05) is 17.1 Å². The lowest BCUT2D eigenvalue weighted by Crippen LogP contribution is -2.41. The van der Waals surface area contributed by atoms with E-state index in [0.29, 0.717) is 16.3 Å². The van der Waals surface area contributed by atoms with Gasteiger partial charge in [0.25, 0.3) is 11.5 Å². The third-order valence-corrected chi connectivity index (χ3v) is 3.89. The number of rotatable bonds is 5. The number of aliphatic hydroxyl groups is 1. The fourth-order valence-electron chi connectivity index (χ4n) is 2.29. The molecule has 2 heterocycles. The topological polar surface area (TPSA) is 110 Å².